The van der Waals surface area contributed by atoms with Gasteiger partial charge in [-0.3, -0.25) is 19.7 Å². The van der Waals surface area contributed by atoms with E-state index in [2.05, 4.69) is 10.6 Å². The summed E-state index contributed by atoms with van der Waals surface area (Å²) in [4.78, 5) is 32.6. The number of halogens is 1. The average Bonchev–Trinajstić information content (AvgIpc) is 3.19. The number of hydrogen-bond acceptors (Lipinski definition) is 4. The van der Waals surface area contributed by atoms with Gasteiger partial charge in [0.25, 0.3) is 5.91 Å². The molecule has 0 spiro atoms. The third kappa shape index (κ3) is 3.50. The predicted octanol–water partition coefficient (Wildman–Crippen LogP) is 0.742. The molecule has 0 aliphatic heterocycles. The summed E-state index contributed by atoms with van der Waals surface area (Å²) in [5, 5.41) is 15.4. The first-order chi connectivity index (χ1) is 9.47. The normalized spacial score (nSPS) is 13.7. The third-order valence-corrected chi connectivity index (χ3v) is 2.76. The van der Waals surface area contributed by atoms with Crippen molar-refractivity contribution in [3.63, 3.8) is 0 Å². The van der Waals surface area contributed by atoms with Crippen LogP contribution in [0.25, 0.3) is 0 Å². The van der Waals surface area contributed by atoms with Gasteiger partial charge in [-0.25, -0.2) is 0 Å². The zero-order valence-corrected chi connectivity index (χ0v) is 10.4. The molecular formula is C12H12FN3O4. The van der Waals surface area contributed by atoms with Gasteiger partial charge in [-0.05, 0) is 25.0 Å². The Kier molecular flexibility index (Phi) is 3.92. The van der Waals surface area contributed by atoms with Gasteiger partial charge in [0.05, 0.1) is 11.5 Å². The molecule has 0 unspecified atom stereocenters. The Morgan fingerprint density at radius 2 is 2.10 bits per heavy atom. The lowest BCUT2D eigenvalue weighted by Crippen LogP contribution is -2.37. The highest BCUT2D eigenvalue weighted by Gasteiger charge is 2.23. The van der Waals surface area contributed by atoms with Crippen LogP contribution in [0.3, 0.4) is 0 Å². The summed E-state index contributed by atoms with van der Waals surface area (Å²) in [6.45, 7) is -0.214. The van der Waals surface area contributed by atoms with Crippen LogP contribution in [-0.2, 0) is 4.79 Å². The first-order valence-corrected chi connectivity index (χ1v) is 5.99. The molecule has 20 heavy (non-hydrogen) atoms. The number of nitrogens with one attached hydrogen (secondary N) is 2. The predicted molar refractivity (Wildman–Crippen MR) is 66.6 cm³/mol. The standard InChI is InChI=1S/C12H12FN3O4/c13-9-5-7(1-4-10(9)16(19)20)12(18)14-6-11(17)15-8-2-3-8/h1,4-5,8H,2-3,6H2,(H,14,18)(H,15,17). The van der Waals surface area contributed by atoms with Crippen LogP contribution >= 0.6 is 0 Å². The van der Waals surface area contributed by atoms with Gasteiger partial charge in [0, 0.05) is 17.7 Å². The number of carbonyl (C=O) groups is 2. The van der Waals surface area contributed by atoms with E-state index in [9.17, 15) is 24.1 Å². The summed E-state index contributed by atoms with van der Waals surface area (Å²) >= 11 is 0. The molecule has 0 aromatic heterocycles. The van der Waals surface area contributed by atoms with Crippen molar-refractivity contribution in [2.75, 3.05) is 6.54 Å². The maximum Gasteiger partial charge on any atom is 0.304 e. The summed E-state index contributed by atoms with van der Waals surface area (Å²) in [5.74, 6) is -2.07. The fourth-order valence-electron chi connectivity index (χ4n) is 1.57. The second kappa shape index (κ2) is 5.64. The topological polar surface area (TPSA) is 101 Å². The number of nitrogens with zero attached hydrogens (tertiary/aromatic N) is 1. The molecule has 0 atom stereocenters. The third-order valence-electron chi connectivity index (χ3n) is 2.76. The van der Waals surface area contributed by atoms with E-state index >= 15 is 0 Å². The van der Waals surface area contributed by atoms with Crippen LogP contribution in [-0.4, -0.2) is 29.3 Å². The molecule has 1 aliphatic rings. The molecule has 1 aliphatic carbocycles. The molecule has 1 fully saturated rings. The van der Waals surface area contributed by atoms with Crippen molar-refractivity contribution < 1.29 is 18.9 Å². The minimum Gasteiger partial charge on any atom is -0.352 e. The number of carbonyl (C=O) groups excluding carboxylic acids is 2. The molecule has 0 saturated heterocycles. The fourth-order valence-corrected chi connectivity index (χ4v) is 1.57. The highest BCUT2D eigenvalue weighted by Crippen LogP contribution is 2.18. The van der Waals surface area contributed by atoms with E-state index < -0.39 is 22.3 Å². The Hall–Kier alpha value is -2.51. The van der Waals surface area contributed by atoms with E-state index in [-0.39, 0.29) is 24.1 Å². The molecule has 0 heterocycles. The second-order valence-corrected chi connectivity index (χ2v) is 4.45. The Bertz CT molecular complexity index is 572. The monoisotopic (exact) mass is 281 g/mol. The van der Waals surface area contributed by atoms with Gasteiger partial charge in [0.1, 0.15) is 0 Å². The minimum atomic E-state index is -1.09. The SMILES string of the molecule is O=C(CNC(=O)c1ccc([N+](=O)[O-])c(F)c1)NC1CC1. The van der Waals surface area contributed by atoms with Crippen LogP contribution in [0.4, 0.5) is 10.1 Å². The van der Waals surface area contributed by atoms with Crippen molar-refractivity contribution in [2.24, 2.45) is 0 Å². The van der Waals surface area contributed by atoms with E-state index in [4.69, 9.17) is 0 Å². The van der Waals surface area contributed by atoms with Crippen molar-refractivity contribution in [3.05, 3.63) is 39.7 Å². The summed E-state index contributed by atoms with van der Waals surface area (Å²) in [6.07, 6.45) is 1.88. The van der Waals surface area contributed by atoms with Crippen molar-refractivity contribution in [2.45, 2.75) is 18.9 Å². The number of benzene rings is 1. The molecular weight excluding hydrogens is 269 g/mol. The first-order valence-electron chi connectivity index (χ1n) is 5.99. The van der Waals surface area contributed by atoms with Crippen molar-refractivity contribution >= 4 is 17.5 Å². The molecule has 1 aromatic rings. The zero-order valence-electron chi connectivity index (χ0n) is 10.4. The molecule has 2 amide bonds. The Morgan fingerprint density at radius 3 is 2.65 bits per heavy atom. The van der Waals surface area contributed by atoms with E-state index in [0.717, 1.165) is 31.0 Å². The van der Waals surface area contributed by atoms with Gasteiger partial charge in [0.2, 0.25) is 11.7 Å². The summed E-state index contributed by atoms with van der Waals surface area (Å²) in [7, 11) is 0. The van der Waals surface area contributed by atoms with E-state index in [0.29, 0.717) is 0 Å². The molecule has 2 rings (SSSR count). The maximum absolute atomic E-state index is 13.3. The van der Waals surface area contributed by atoms with Gasteiger partial charge >= 0.3 is 5.69 Å². The second-order valence-electron chi connectivity index (χ2n) is 4.45. The molecule has 106 valence electrons. The number of hydrogen-bond donors (Lipinski definition) is 2. The van der Waals surface area contributed by atoms with E-state index in [1.54, 1.807) is 0 Å². The Balaban J connectivity index is 1.93. The van der Waals surface area contributed by atoms with Gasteiger partial charge in [0.15, 0.2) is 0 Å². The Labute approximate surface area is 113 Å². The average molecular weight is 281 g/mol. The first kappa shape index (κ1) is 13.9. The lowest BCUT2D eigenvalue weighted by Gasteiger charge is -2.06. The van der Waals surface area contributed by atoms with Crippen molar-refractivity contribution in [1.29, 1.82) is 0 Å². The molecule has 0 bridgehead atoms. The van der Waals surface area contributed by atoms with Crippen molar-refractivity contribution in [1.82, 2.24) is 10.6 Å². The van der Waals surface area contributed by atoms with E-state index in [1.807, 2.05) is 0 Å². The summed E-state index contributed by atoms with van der Waals surface area (Å²) in [5.41, 5.74) is -0.777. The Morgan fingerprint density at radius 1 is 1.40 bits per heavy atom. The molecule has 8 heteroatoms. The van der Waals surface area contributed by atoms with Gasteiger partial charge in [-0.2, -0.15) is 4.39 Å². The van der Waals surface area contributed by atoms with E-state index in [1.165, 1.54) is 0 Å². The number of amides is 2. The quantitative estimate of drug-likeness (QED) is 0.614. The van der Waals surface area contributed by atoms with Crippen LogP contribution < -0.4 is 10.6 Å². The van der Waals surface area contributed by atoms with Crippen LogP contribution in [0, 0.1) is 15.9 Å². The molecule has 1 saturated carbocycles. The lowest BCUT2D eigenvalue weighted by molar-refractivity contribution is -0.387. The lowest BCUT2D eigenvalue weighted by atomic mass is 10.2. The molecule has 2 N–H and O–H groups in total. The highest BCUT2D eigenvalue weighted by molar-refractivity contribution is 5.96. The zero-order chi connectivity index (χ0) is 14.7. The fraction of sp³-hybridized carbons (Fsp3) is 0.333. The minimum absolute atomic E-state index is 0.0766. The van der Waals surface area contributed by atoms with Gasteiger partial charge in [-0.15, -0.1) is 0 Å². The molecule has 0 radical (unpaired) electrons. The largest absolute Gasteiger partial charge is 0.352 e. The molecule has 7 nitrogen and oxygen atoms in total. The van der Waals surface area contributed by atoms with Gasteiger partial charge < -0.3 is 10.6 Å². The van der Waals surface area contributed by atoms with Crippen LogP contribution in [0.2, 0.25) is 0 Å². The maximum atomic E-state index is 13.3. The van der Waals surface area contributed by atoms with Crippen LogP contribution in [0.1, 0.15) is 23.2 Å². The highest BCUT2D eigenvalue weighted by atomic mass is 19.1. The molecule has 1 aromatic carbocycles. The van der Waals surface area contributed by atoms with Crippen molar-refractivity contribution in [3.8, 4) is 0 Å². The smallest absolute Gasteiger partial charge is 0.304 e. The summed E-state index contributed by atoms with van der Waals surface area (Å²) in [6, 6.07) is 3.01. The number of rotatable bonds is 5. The van der Waals surface area contributed by atoms with Crippen LogP contribution in [0.5, 0.6) is 0 Å². The van der Waals surface area contributed by atoms with Crippen LogP contribution in [0.15, 0.2) is 18.2 Å². The van der Waals surface area contributed by atoms with Gasteiger partial charge in [-0.1, -0.05) is 0 Å². The summed E-state index contributed by atoms with van der Waals surface area (Å²) < 4.78 is 13.3. The number of nitro groups is 1. The number of nitro benzene ring substituents is 1.